The number of fused-ring (bicyclic) bond motifs is 1. The second-order valence-corrected chi connectivity index (χ2v) is 6.44. The lowest BCUT2D eigenvalue weighted by Crippen LogP contribution is -2.05. The normalized spacial score (nSPS) is 19.8. The summed E-state index contributed by atoms with van der Waals surface area (Å²) in [4.78, 5) is 0.0191. The SMILES string of the molecule is C[C@@H]1Cc2cc(S(=O)(=O)Cl)cc(Cl)c2O1. The van der Waals surface area contributed by atoms with Crippen molar-refractivity contribution in [1.82, 2.24) is 0 Å². The lowest BCUT2D eigenvalue weighted by Gasteiger charge is -2.05. The summed E-state index contributed by atoms with van der Waals surface area (Å²) >= 11 is 5.90. The zero-order chi connectivity index (χ0) is 11.2. The number of halogens is 2. The first kappa shape index (κ1) is 11.0. The molecular formula is C9H8Cl2O3S. The van der Waals surface area contributed by atoms with Gasteiger partial charge in [-0.15, -0.1) is 0 Å². The van der Waals surface area contributed by atoms with E-state index in [9.17, 15) is 8.42 Å². The zero-order valence-electron chi connectivity index (χ0n) is 7.83. The maximum atomic E-state index is 11.1. The van der Waals surface area contributed by atoms with Gasteiger partial charge in [-0.3, -0.25) is 0 Å². The van der Waals surface area contributed by atoms with Gasteiger partial charge in [-0.25, -0.2) is 8.42 Å². The van der Waals surface area contributed by atoms with Gasteiger partial charge in [0.1, 0.15) is 11.9 Å². The van der Waals surface area contributed by atoms with Crippen LogP contribution in [0.5, 0.6) is 5.75 Å². The van der Waals surface area contributed by atoms with Crippen molar-refractivity contribution >= 4 is 31.3 Å². The van der Waals surface area contributed by atoms with Crippen LogP contribution < -0.4 is 4.74 Å². The largest absolute Gasteiger partial charge is 0.489 e. The monoisotopic (exact) mass is 266 g/mol. The van der Waals surface area contributed by atoms with Gasteiger partial charge in [-0.05, 0) is 19.1 Å². The smallest absolute Gasteiger partial charge is 0.261 e. The Morgan fingerprint density at radius 1 is 1.47 bits per heavy atom. The standard InChI is InChI=1S/C9H8Cl2O3S/c1-5-2-6-3-7(15(11,12)13)4-8(10)9(6)14-5/h3-5H,2H2,1H3/t5-/m1/s1. The fraction of sp³-hybridized carbons (Fsp3) is 0.333. The predicted octanol–water partition coefficient (Wildman–Crippen LogP) is 2.59. The summed E-state index contributed by atoms with van der Waals surface area (Å²) in [5, 5.41) is 0.288. The molecule has 0 spiro atoms. The lowest BCUT2D eigenvalue weighted by atomic mass is 10.1. The molecule has 0 saturated carbocycles. The van der Waals surface area contributed by atoms with E-state index in [-0.39, 0.29) is 16.0 Å². The van der Waals surface area contributed by atoms with Gasteiger partial charge >= 0.3 is 0 Å². The minimum Gasteiger partial charge on any atom is -0.489 e. The molecule has 0 unspecified atom stereocenters. The van der Waals surface area contributed by atoms with Crippen molar-refractivity contribution in [1.29, 1.82) is 0 Å². The molecule has 0 aromatic heterocycles. The number of ether oxygens (including phenoxy) is 1. The van der Waals surface area contributed by atoms with E-state index >= 15 is 0 Å². The van der Waals surface area contributed by atoms with Gasteiger partial charge in [0.15, 0.2) is 0 Å². The maximum absolute atomic E-state index is 11.1. The Morgan fingerprint density at radius 3 is 2.73 bits per heavy atom. The van der Waals surface area contributed by atoms with Crippen molar-refractivity contribution in [2.24, 2.45) is 0 Å². The molecule has 1 aromatic rings. The molecule has 82 valence electrons. The van der Waals surface area contributed by atoms with Crippen LogP contribution in [-0.4, -0.2) is 14.5 Å². The molecule has 6 heteroatoms. The van der Waals surface area contributed by atoms with Crippen molar-refractivity contribution in [2.45, 2.75) is 24.3 Å². The van der Waals surface area contributed by atoms with Crippen molar-refractivity contribution in [3.05, 3.63) is 22.7 Å². The van der Waals surface area contributed by atoms with E-state index < -0.39 is 9.05 Å². The van der Waals surface area contributed by atoms with Crippen LogP contribution in [0.2, 0.25) is 5.02 Å². The first-order chi connectivity index (χ1) is 6.88. The second kappa shape index (κ2) is 3.54. The first-order valence-electron chi connectivity index (χ1n) is 4.31. The lowest BCUT2D eigenvalue weighted by molar-refractivity contribution is 0.255. The summed E-state index contributed by atoms with van der Waals surface area (Å²) in [5.74, 6) is 0.563. The van der Waals surface area contributed by atoms with E-state index in [1.165, 1.54) is 12.1 Å². The molecule has 2 rings (SSSR count). The van der Waals surface area contributed by atoms with Crippen LogP contribution in [0.1, 0.15) is 12.5 Å². The van der Waals surface area contributed by atoms with E-state index in [4.69, 9.17) is 27.0 Å². The van der Waals surface area contributed by atoms with Crippen LogP contribution in [-0.2, 0) is 15.5 Å². The van der Waals surface area contributed by atoms with Crippen molar-refractivity contribution in [3.63, 3.8) is 0 Å². The van der Waals surface area contributed by atoms with Crippen molar-refractivity contribution < 1.29 is 13.2 Å². The Bertz CT molecular complexity index is 510. The summed E-state index contributed by atoms with van der Waals surface area (Å²) < 4.78 is 27.7. The fourth-order valence-corrected chi connectivity index (χ4v) is 2.76. The highest BCUT2D eigenvalue weighted by Crippen LogP contribution is 2.38. The molecule has 1 aliphatic heterocycles. The average Bonchev–Trinajstić information content (AvgIpc) is 2.44. The van der Waals surface area contributed by atoms with E-state index in [0.29, 0.717) is 12.2 Å². The molecule has 0 fully saturated rings. The molecule has 1 aliphatic rings. The Hall–Kier alpha value is -0.450. The summed E-state index contributed by atoms with van der Waals surface area (Å²) in [5.41, 5.74) is 0.786. The van der Waals surface area contributed by atoms with E-state index in [2.05, 4.69) is 0 Å². The van der Waals surface area contributed by atoms with Gasteiger partial charge < -0.3 is 4.74 Å². The fourth-order valence-electron chi connectivity index (χ4n) is 1.60. The summed E-state index contributed by atoms with van der Waals surface area (Å²) in [6.45, 7) is 1.89. The molecule has 1 aromatic carbocycles. The van der Waals surface area contributed by atoms with Gasteiger partial charge in [0.2, 0.25) is 0 Å². The Morgan fingerprint density at radius 2 is 2.13 bits per heavy atom. The van der Waals surface area contributed by atoms with Crippen LogP contribution in [0, 0.1) is 0 Å². The molecule has 0 aliphatic carbocycles. The summed E-state index contributed by atoms with van der Waals surface area (Å²) in [6, 6.07) is 2.81. The van der Waals surface area contributed by atoms with Crippen molar-refractivity contribution in [2.75, 3.05) is 0 Å². The van der Waals surface area contributed by atoms with Gasteiger partial charge in [0.25, 0.3) is 9.05 Å². The van der Waals surface area contributed by atoms with E-state index in [1.807, 2.05) is 6.92 Å². The molecule has 0 saturated heterocycles. The third kappa shape index (κ3) is 2.07. The van der Waals surface area contributed by atoms with Gasteiger partial charge in [0.05, 0.1) is 9.92 Å². The molecular weight excluding hydrogens is 259 g/mol. The Balaban J connectivity index is 2.59. The summed E-state index contributed by atoms with van der Waals surface area (Å²) in [7, 11) is 1.51. The molecule has 15 heavy (non-hydrogen) atoms. The molecule has 1 heterocycles. The van der Waals surface area contributed by atoms with Crippen LogP contribution in [0.25, 0.3) is 0 Å². The molecule has 0 radical (unpaired) electrons. The molecule has 0 N–H and O–H groups in total. The minimum atomic E-state index is -3.73. The molecule has 1 atom stereocenters. The molecule has 0 amide bonds. The third-order valence-electron chi connectivity index (χ3n) is 2.20. The van der Waals surface area contributed by atoms with E-state index in [1.54, 1.807) is 0 Å². The number of benzene rings is 1. The van der Waals surface area contributed by atoms with Gasteiger partial charge in [0, 0.05) is 22.7 Å². The highest BCUT2D eigenvalue weighted by atomic mass is 35.7. The van der Waals surface area contributed by atoms with Crippen LogP contribution in [0.15, 0.2) is 17.0 Å². The topological polar surface area (TPSA) is 43.4 Å². The van der Waals surface area contributed by atoms with Gasteiger partial charge in [-0.1, -0.05) is 11.6 Å². The van der Waals surface area contributed by atoms with Crippen LogP contribution >= 0.6 is 22.3 Å². The van der Waals surface area contributed by atoms with E-state index in [0.717, 1.165) is 5.56 Å². The number of hydrogen-bond acceptors (Lipinski definition) is 3. The Kier molecular flexibility index (Phi) is 2.61. The maximum Gasteiger partial charge on any atom is 0.261 e. The average molecular weight is 267 g/mol. The second-order valence-electron chi connectivity index (χ2n) is 3.46. The first-order valence-corrected chi connectivity index (χ1v) is 7.00. The zero-order valence-corrected chi connectivity index (χ0v) is 10.2. The molecule has 3 nitrogen and oxygen atoms in total. The van der Waals surface area contributed by atoms with Crippen LogP contribution in [0.3, 0.4) is 0 Å². The third-order valence-corrected chi connectivity index (χ3v) is 3.82. The summed E-state index contributed by atoms with van der Waals surface area (Å²) in [6.07, 6.45) is 0.667. The molecule has 0 bridgehead atoms. The highest BCUT2D eigenvalue weighted by molar-refractivity contribution is 8.13. The van der Waals surface area contributed by atoms with Crippen LogP contribution in [0.4, 0.5) is 0 Å². The number of hydrogen-bond donors (Lipinski definition) is 0. The Labute approximate surface area is 97.4 Å². The van der Waals surface area contributed by atoms with Crippen molar-refractivity contribution in [3.8, 4) is 5.75 Å². The predicted molar refractivity (Wildman–Crippen MR) is 58.3 cm³/mol. The minimum absolute atomic E-state index is 0.0191. The quantitative estimate of drug-likeness (QED) is 0.734. The van der Waals surface area contributed by atoms with Gasteiger partial charge in [-0.2, -0.15) is 0 Å². The number of rotatable bonds is 1. The highest BCUT2D eigenvalue weighted by Gasteiger charge is 2.24.